The van der Waals surface area contributed by atoms with E-state index in [-0.39, 0.29) is 18.0 Å². The molecule has 1 aliphatic rings. The maximum atomic E-state index is 11.7. The maximum absolute atomic E-state index is 11.7. The lowest BCUT2D eigenvalue weighted by molar-refractivity contribution is -0.143. The van der Waals surface area contributed by atoms with Crippen LogP contribution in [0.25, 0.3) is 0 Å². The predicted molar refractivity (Wildman–Crippen MR) is 84.4 cm³/mol. The Hall–Kier alpha value is -1.20. The summed E-state index contributed by atoms with van der Waals surface area (Å²) < 4.78 is 25.1. The van der Waals surface area contributed by atoms with Crippen molar-refractivity contribution in [3.63, 3.8) is 0 Å². The van der Waals surface area contributed by atoms with Crippen LogP contribution in [-0.2, 0) is 13.7 Å². The van der Waals surface area contributed by atoms with Crippen LogP contribution >= 0.6 is 12.0 Å². The Balaban J connectivity index is 2.08. The van der Waals surface area contributed by atoms with E-state index in [4.69, 9.17) is 11.6 Å². The smallest absolute Gasteiger partial charge is 0.306 e. The van der Waals surface area contributed by atoms with Crippen molar-refractivity contribution in [2.45, 2.75) is 25.4 Å². The van der Waals surface area contributed by atoms with Gasteiger partial charge in [0.25, 0.3) is 0 Å². The zero-order valence-corrected chi connectivity index (χ0v) is 12.3. The standard InChI is InChI=1S/C15H19BO3S/c1-2-18-15(17)9-11-7-8-14(19-20-10-16)13-6-4-3-5-12(11)13/h3-8,11,14H,2,9-10,16H2,1H3/t11-,14+/m1/s1/i16TD. The lowest BCUT2D eigenvalue weighted by atomic mass is 9.84. The summed E-state index contributed by atoms with van der Waals surface area (Å²) >= 11 is 1.14. The Morgan fingerprint density at radius 2 is 2.30 bits per heavy atom. The summed E-state index contributed by atoms with van der Waals surface area (Å²) in [6, 6.07) is 7.88. The molecule has 0 unspecified atom stereocenters. The van der Waals surface area contributed by atoms with Crippen LogP contribution in [0.5, 0.6) is 0 Å². The fraction of sp³-hybridized carbons (Fsp3) is 0.400. The van der Waals surface area contributed by atoms with Crippen molar-refractivity contribution >= 4 is 25.8 Å². The first-order valence-electron chi connectivity index (χ1n) is 7.82. The van der Waals surface area contributed by atoms with Gasteiger partial charge in [0.15, 0.2) is 0 Å². The van der Waals surface area contributed by atoms with Crippen molar-refractivity contribution in [2.75, 3.05) is 12.3 Å². The summed E-state index contributed by atoms with van der Waals surface area (Å²) in [5.41, 5.74) is 2.40. The minimum atomic E-state index is -0.899. The van der Waals surface area contributed by atoms with Crippen LogP contribution in [0.2, 0.25) is 0 Å². The molecule has 0 saturated heterocycles. The Labute approximate surface area is 128 Å². The molecule has 0 saturated carbocycles. The van der Waals surface area contributed by atoms with Gasteiger partial charge in [-0.3, -0.25) is 4.79 Å². The van der Waals surface area contributed by atoms with E-state index < -0.39 is 7.77 Å². The van der Waals surface area contributed by atoms with Gasteiger partial charge in [-0.25, -0.2) is 0 Å². The largest absolute Gasteiger partial charge is 0.466 e. The summed E-state index contributed by atoms with van der Waals surface area (Å²) in [5, 5.41) is 0. The van der Waals surface area contributed by atoms with E-state index in [0.29, 0.717) is 18.7 Å². The number of ether oxygens (including phenoxy) is 1. The van der Waals surface area contributed by atoms with E-state index in [1.165, 1.54) is 0 Å². The van der Waals surface area contributed by atoms with Crippen LogP contribution in [0.15, 0.2) is 36.4 Å². The van der Waals surface area contributed by atoms with Crippen molar-refractivity contribution in [3.8, 4) is 0 Å². The fourth-order valence-electron chi connectivity index (χ4n) is 2.32. The molecule has 0 aliphatic heterocycles. The minimum absolute atomic E-state index is 0.000184. The average Bonchev–Trinajstić information content (AvgIpc) is 2.49. The highest BCUT2D eigenvalue weighted by Crippen LogP contribution is 2.37. The van der Waals surface area contributed by atoms with Crippen molar-refractivity contribution in [2.24, 2.45) is 0 Å². The second kappa shape index (κ2) is 7.55. The van der Waals surface area contributed by atoms with Crippen LogP contribution in [0, 0.1) is 0 Å². The Morgan fingerprint density at radius 3 is 3.05 bits per heavy atom. The van der Waals surface area contributed by atoms with Gasteiger partial charge >= 0.3 is 5.97 Å². The van der Waals surface area contributed by atoms with E-state index >= 15 is 0 Å². The van der Waals surface area contributed by atoms with Crippen molar-refractivity contribution in [1.82, 2.24) is 0 Å². The number of hydrogen-bond acceptors (Lipinski definition) is 4. The monoisotopic (exact) mass is 293 g/mol. The molecule has 1 aromatic carbocycles. The molecule has 0 radical (unpaired) electrons. The topological polar surface area (TPSA) is 35.5 Å². The number of esters is 1. The van der Waals surface area contributed by atoms with Crippen molar-refractivity contribution in [3.05, 3.63) is 47.5 Å². The van der Waals surface area contributed by atoms with E-state index in [1.54, 1.807) is 6.92 Å². The normalized spacial score (nSPS) is 21.6. The summed E-state index contributed by atoms with van der Waals surface area (Å²) in [5.74, 6) is -0.202. The number of hydrogen-bond donors (Lipinski definition) is 0. The first kappa shape index (κ1) is 12.5. The molecule has 1 aromatic rings. The molecule has 2 rings (SSSR count). The van der Waals surface area contributed by atoms with Gasteiger partial charge in [0.1, 0.15) is 13.9 Å². The van der Waals surface area contributed by atoms with Gasteiger partial charge in [0, 0.05) is 5.92 Å². The third-order valence-electron chi connectivity index (χ3n) is 3.15. The van der Waals surface area contributed by atoms with Crippen LogP contribution in [0.4, 0.5) is 0 Å². The van der Waals surface area contributed by atoms with E-state index in [9.17, 15) is 4.79 Å². The minimum Gasteiger partial charge on any atom is -0.466 e. The summed E-state index contributed by atoms with van der Waals surface area (Å²) in [4.78, 5) is 11.7. The molecular formula is C15H19BO3S. The van der Waals surface area contributed by atoms with E-state index in [2.05, 4.69) is 0 Å². The summed E-state index contributed by atoms with van der Waals surface area (Å²) in [6.07, 6.45) is 4.02. The number of fused-ring (bicyclic) bond motifs is 1. The molecular weight excluding hydrogens is 271 g/mol. The quantitative estimate of drug-likeness (QED) is 0.335. The Morgan fingerprint density at radius 1 is 1.50 bits per heavy atom. The van der Waals surface area contributed by atoms with Gasteiger partial charge < -0.3 is 8.92 Å². The molecule has 0 N–H and O–H groups in total. The van der Waals surface area contributed by atoms with Gasteiger partial charge in [0.2, 0.25) is 0 Å². The molecule has 0 heterocycles. The lowest BCUT2D eigenvalue weighted by Crippen LogP contribution is -2.15. The number of rotatable bonds is 7. The highest BCUT2D eigenvalue weighted by atomic mass is 32.2. The van der Waals surface area contributed by atoms with Gasteiger partial charge in [-0.05, 0) is 38.4 Å². The van der Waals surface area contributed by atoms with Gasteiger partial charge in [0.05, 0.1) is 13.0 Å². The third kappa shape index (κ3) is 3.67. The van der Waals surface area contributed by atoms with Gasteiger partial charge in [-0.1, -0.05) is 36.4 Å². The molecule has 20 heavy (non-hydrogen) atoms. The molecule has 5 heteroatoms. The molecule has 1 aliphatic carbocycles. The van der Waals surface area contributed by atoms with E-state index in [1.807, 2.05) is 36.4 Å². The maximum Gasteiger partial charge on any atom is 0.306 e. The molecule has 0 amide bonds. The first-order valence-corrected chi connectivity index (χ1v) is 7.58. The lowest BCUT2D eigenvalue weighted by Gasteiger charge is -2.25. The highest BCUT2D eigenvalue weighted by molar-refractivity contribution is 7.95. The van der Waals surface area contributed by atoms with Crippen molar-refractivity contribution in [1.29, 1.82) is 2.67 Å². The van der Waals surface area contributed by atoms with Crippen LogP contribution in [0.1, 0.15) is 36.5 Å². The SMILES string of the molecule is [2H]B([3H])CSO[C@H]1C=C[C@H](CC(=O)OCC)c2ccccc21. The van der Waals surface area contributed by atoms with Gasteiger partial charge in [-0.2, -0.15) is 0 Å². The molecule has 0 spiro atoms. The molecule has 3 nitrogen and oxygen atoms in total. The summed E-state index contributed by atoms with van der Waals surface area (Å²) in [7, 11) is -0.899. The third-order valence-corrected chi connectivity index (χ3v) is 3.63. The number of allylic oxidation sites excluding steroid dienone is 1. The molecule has 0 bridgehead atoms. The second-order valence-electron chi connectivity index (χ2n) is 4.43. The number of carbonyl (C=O) groups excluding carboxylic acids is 1. The van der Waals surface area contributed by atoms with E-state index in [0.717, 1.165) is 23.2 Å². The first-order chi connectivity index (χ1) is 10.6. The van der Waals surface area contributed by atoms with Crippen LogP contribution in [-0.4, -0.2) is 28.7 Å². The van der Waals surface area contributed by atoms with Crippen molar-refractivity contribution < 1.29 is 13.7 Å². The average molecular weight is 293 g/mol. The molecule has 0 aromatic heterocycles. The van der Waals surface area contributed by atoms with Gasteiger partial charge in [-0.15, -0.1) is 0 Å². The second-order valence-corrected chi connectivity index (χ2v) is 5.19. The van der Waals surface area contributed by atoms with Crippen LogP contribution in [0.3, 0.4) is 0 Å². The zero-order valence-electron chi connectivity index (χ0n) is 13.5. The Bertz CT molecular complexity index is 539. The number of benzene rings is 1. The fourth-order valence-corrected chi connectivity index (χ4v) is 2.72. The zero-order chi connectivity index (χ0) is 15.9. The van der Waals surface area contributed by atoms with Crippen LogP contribution < -0.4 is 0 Å². The molecule has 106 valence electrons. The number of carbonyl (C=O) groups is 1. The predicted octanol–water partition coefficient (Wildman–Crippen LogP) is 2.59. The highest BCUT2D eigenvalue weighted by Gasteiger charge is 2.25. The molecule has 0 fully saturated rings. The summed E-state index contributed by atoms with van der Waals surface area (Å²) in [6.45, 7) is 2.19. The Kier molecular flexibility index (Phi) is 4.73. The molecule has 2 atom stereocenters.